The number of anilines is 1. The molecular formula is C17H23NO2. The molecule has 1 N–H and O–H groups in total. The van der Waals surface area contributed by atoms with Gasteiger partial charge < -0.3 is 10.0 Å². The normalized spacial score (nSPS) is 16.4. The lowest BCUT2D eigenvalue weighted by Crippen LogP contribution is -2.27. The molecule has 20 heavy (non-hydrogen) atoms. The highest BCUT2D eigenvalue weighted by molar-refractivity contribution is 5.83. The number of rotatable bonds is 2. The first-order valence-electron chi connectivity index (χ1n) is 7.12. The van der Waals surface area contributed by atoms with Crippen LogP contribution >= 0.6 is 0 Å². The van der Waals surface area contributed by atoms with Crippen molar-refractivity contribution >= 4 is 12.0 Å². The molecule has 0 saturated carbocycles. The molecule has 1 saturated heterocycles. The van der Waals surface area contributed by atoms with Crippen molar-refractivity contribution in [3.8, 4) is 5.75 Å². The molecule has 108 valence electrons. The van der Waals surface area contributed by atoms with Crippen LogP contribution in [0.25, 0.3) is 0 Å². The molecule has 1 aliphatic heterocycles. The Morgan fingerprint density at radius 1 is 1.30 bits per heavy atom. The van der Waals surface area contributed by atoms with E-state index in [4.69, 9.17) is 0 Å². The van der Waals surface area contributed by atoms with E-state index in [0.29, 0.717) is 5.56 Å². The first-order valence-corrected chi connectivity index (χ1v) is 7.12. The summed E-state index contributed by atoms with van der Waals surface area (Å²) < 4.78 is 0. The van der Waals surface area contributed by atoms with Crippen LogP contribution in [0.3, 0.4) is 0 Å². The zero-order valence-corrected chi connectivity index (χ0v) is 12.6. The number of nitrogens with zero attached hydrogens (tertiary/aromatic N) is 1. The minimum atomic E-state index is -0.213. The van der Waals surface area contributed by atoms with Crippen LogP contribution in [0.4, 0.5) is 5.69 Å². The maximum absolute atomic E-state index is 11.2. The molecule has 0 amide bonds. The van der Waals surface area contributed by atoms with Gasteiger partial charge in [-0.2, -0.15) is 0 Å². The quantitative estimate of drug-likeness (QED) is 0.828. The molecule has 0 atom stereocenters. The lowest BCUT2D eigenvalue weighted by molar-refractivity contribution is 0.112. The number of hydrogen-bond acceptors (Lipinski definition) is 3. The van der Waals surface area contributed by atoms with E-state index in [-0.39, 0.29) is 11.2 Å². The van der Waals surface area contributed by atoms with E-state index in [9.17, 15) is 9.90 Å². The van der Waals surface area contributed by atoms with Crippen LogP contribution in [0.2, 0.25) is 0 Å². The molecule has 0 aliphatic carbocycles. The number of carbonyl (C=O) groups is 1. The summed E-state index contributed by atoms with van der Waals surface area (Å²) in [6.07, 6.45) is 4.00. The van der Waals surface area contributed by atoms with Gasteiger partial charge in [0.15, 0.2) is 6.29 Å². The van der Waals surface area contributed by atoms with Crippen LogP contribution in [-0.2, 0) is 5.41 Å². The van der Waals surface area contributed by atoms with Gasteiger partial charge in [-0.3, -0.25) is 4.79 Å². The van der Waals surface area contributed by atoms with Gasteiger partial charge in [0.25, 0.3) is 0 Å². The van der Waals surface area contributed by atoms with Gasteiger partial charge in [-0.25, -0.2) is 0 Å². The van der Waals surface area contributed by atoms with Crippen molar-refractivity contribution in [3.05, 3.63) is 35.5 Å². The number of hydrogen-bond donors (Lipinski definition) is 1. The smallest absolute Gasteiger partial charge is 0.153 e. The summed E-state index contributed by atoms with van der Waals surface area (Å²) in [5.74, 6) is 0.0962. The maximum atomic E-state index is 11.2. The molecular weight excluding hydrogens is 250 g/mol. The van der Waals surface area contributed by atoms with Crippen LogP contribution in [0.5, 0.6) is 5.75 Å². The fraction of sp³-hybridized carbons (Fsp3) is 0.471. The zero-order valence-electron chi connectivity index (χ0n) is 12.6. The first kappa shape index (κ1) is 14.6. The molecule has 1 fully saturated rings. The van der Waals surface area contributed by atoms with Crippen LogP contribution < -0.4 is 4.90 Å². The van der Waals surface area contributed by atoms with Gasteiger partial charge in [0.2, 0.25) is 0 Å². The molecule has 0 radical (unpaired) electrons. The van der Waals surface area contributed by atoms with Crippen LogP contribution in [0.15, 0.2) is 24.4 Å². The average molecular weight is 273 g/mol. The third-order valence-electron chi connectivity index (χ3n) is 3.85. The maximum Gasteiger partial charge on any atom is 0.153 e. The van der Waals surface area contributed by atoms with Crippen LogP contribution in [0.1, 0.15) is 56.0 Å². The molecule has 0 aromatic heterocycles. The standard InChI is InChI=1S/C17H23NO2/c1-12-7-5-6-8-18(12)14-9-13(11-19)16(20)15(10-14)17(2,3)4/h9-11,20H,1,5-8H2,2-4H3. The number of benzene rings is 1. The van der Waals surface area contributed by atoms with Gasteiger partial charge in [0.1, 0.15) is 5.75 Å². The van der Waals surface area contributed by atoms with E-state index >= 15 is 0 Å². The zero-order chi connectivity index (χ0) is 14.9. The number of aromatic hydroxyl groups is 1. The van der Waals surface area contributed by atoms with Crippen molar-refractivity contribution in [1.29, 1.82) is 0 Å². The number of phenols is 1. The van der Waals surface area contributed by atoms with E-state index < -0.39 is 0 Å². The summed E-state index contributed by atoms with van der Waals surface area (Å²) in [7, 11) is 0. The summed E-state index contributed by atoms with van der Waals surface area (Å²) in [6.45, 7) is 11.1. The predicted molar refractivity (Wildman–Crippen MR) is 82.5 cm³/mol. The van der Waals surface area contributed by atoms with Gasteiger partial charge in [-0.15, -0.1) is 0 Å². The molecule has 1 heterocycles. The molecule has 0 spiro atoms. The second-order valence-corrected chi connectivity index (χ2v) is 6.47. The average Bonchev–Trinajstić information content (AvgIpc) is 2.38. The number of carbonyl (C=O) groups excluding carboxylic acids is 1. The van der Waals surface area contributed by atoms with Gasteiger partial charge in [-0.1, -0.05) is 27.4 Å². The van der Waals surface area contributed by atoms with E-state index in [1.807, 2.05) is 26.8 Å². The minimum Gasteiger partial charge on any atom is -0.507 e. The summed E-state index contributed by atoms with van der Waals surface area (Å²) in [6, 6.07) is 3.74. The van der Waals surface area contributed by atoms with Gasteiger partial charge in [0.05, 0.1) is 5.56 Å². The lowest BCUT2D eigenvalue weighted by Gasteiger charge is -2.33. The third-order valence-corrected chi connectivity index (χ3v) is 3.85. The Kier molecular flexibility index (Phi) is 3.89. The van der Waals surface area contributed by atoms with Crippen molar-refractivity contribution < 1.29 is 9.90 Å². The minimum absolute atomic E-state index is 0.0962. The van der Waals surface area contributed by atoms with E-state index in [1.165, 1.54) is 6.42 Å². The second-order valence-electron chi connectivity index (χ2n) is 6.47. The van der Waals surface area contributed by atoms with Crippen molar-refractivity contribution in [2.45, 2.75) is 45.4 Å². The number of phenolic OH excluding ortho intramolecular Hbond substituents is 1. The molecule has 1 aliphatic rings. The third kappa shape index (κ3) is 2.72. The molecule has 3 nitrogen and oxygen atoms in total. The molecule has 1 aromatic rings. The molecule has 1 aromatic carbocycles. The molecule has 0 unspecified atom stereocenters. The highest BCUT2D eigenvalue weighted by atomic mass is 16.3. The predicted octanol–water partition coefficient (Wildman–Crippen LogP) is 4.01. The van der Waals surface area contributed by atoms with Crippen molar-refractivity contribution in [2.75, 3.05) is 11.4 Å². The van der Waals surface area contributed by atoms with Gasteiger partial charge in [-0.05, 0) is 36.8 Å². The fourth-order valence-electron chi connectivity index (χ4n) is 2.66. The van der Waals surface area contributed by atoms with Gasteiger partial charge >= 0.3 is 0 Å². The summed E-state index contributed by atoms with van der Waals surface area (Å²) >= 11 is 0. The van der Waals surface area contributed by atoms with Crippen LogP contribution in [0, 0.1) is 0 Å². The lowest BCUT2D eigenvalue weighted by atomic mass is 9.84. The van der Waals surface area contributed by atoms with Crippen molar-refractivity contribution in [1.82, 2.24) is 0 Å². The monoisotopic (exact) mass is 273 g/mol. The number of aldehydes is 1. The number of piperidine rings is 1. The van der Waals surface area contributed by atoms with Crippen molar-refractivity contribution in [3.63, 3.8) is 0 Å². The van der Waals surface area contributed by atoms with E-state index in [2.05, 4.69) is 11.5 Å². The summed E-state index contributed by atoms with van der Waals surface area (Å²) in [4.78, 5) is 13.4. The first-order chi connectivity index (χ1) is 9.34. The van der Waals surface area contributed by atoms with Gasteiger partial charge in [0, 0.05) is 23.5 Å². The van der Waals surface area contributed by atoms with Crippen molar-refractivity contribution in [2.24, 2.45) is 0 Å². The Labute approximate surface area is 120 Å². The Hall–Kier alpha value is -1.77. The van der Waals surface area contributed by atoms with Crippen LogP contribution in [-0.4, -0.2) is 17.9 Å². The largest absolute Gasteiger partial charge is 0.507 e. The molecule has 3 heteroatoms. The Morgan fingerprint density at radius 3 is 2.55 bits per heavy atom. The fourth-order valence-corrected chi connectivity index (χ4v) is 2.66. The Balaban J connectivity index is 2.54. The Morgan fingerprint density at radius 2 is 2.00 bits per heavy atom. The molecule has 0 bridgehead atoms. The van der Waals surface area contributed by atoms with E-state index in [0.717, 1.165) is 42.6 Å². The second kappa shape index (κ2) is 5.31. The number of allylic oxidation sites excluding steroid dienone is 1. The topological polar surface area (TPSA) is 40.5 Å². The highest BCUT2D eigenvalue weighted by Crippen LogP contribution is 2.38. The summed E-state index contributed by atoms with van der Waals surface area (Å²) in [5, 5.41) is 10.2. The SMILES string of the molecule is C=C1CCCCN1c1cc(C=O)c(O)c(C(C)(C)C)c1. The summed E-state index contributed by atoms with van der Waals surface area (Å²) in [5.41, 5.74) is 2.98. The Bertz CT molecular complexity index is 541. The molecule has 2 rings (SSSR count). The van der Waals surface area contributed by atoms with E-state index in [1.54, 1.807) is 6.07 Å². The highest BCUT2D eigenvalue weighted by Gasteiger charge is 2.24.